The van der Waals surface area contributed by atoms with Crippen LogP contribution >= 0.6 is 0 Å². The van der Waals surface area contributed by atoms with E-state index >= 15 is 0 Å². The largest absolute Gasteiger partial charge is 0.497 e. The van der Waals surface area contributed by atoms with Crippen LogP contribution in [0, 0.1) is 0 Å². The zero-order valence-corrected chi connectivity index (χ0v) is 12.1. The Labute approximate surface area is 114 Å². The van der Waals surface area contributed by atoms with E-state index in [0.29, 0.717) is 0 Å². The number of benzene rings is 1. The van der Waals surface area contributed by atoms with Crippen molar-refractivity contribution < 1.29 is 14.3 Å². The third-order valence-corrected chi connectivity index (χ3v) is 2.31. The summed E-state index contributed by atoms with van der Waals surface area (Å²) >= 11 is 0. The first-order chi connectivity index (χ1) is 8.81. The van der Waals surface area contributed by atoms with Gasteiger partial charge in [-0.2, -0.15) is 0 Å². The summed E-state index contributed by atoms with van der Waals surface area (Å²) in [7, 11) is 1.62. The van der Waals surface area contributed by atoms with Gasteiger partial charge in [-0.1, -0.05) is 0 Å². The molecule has 0 bridgehead atoms. The Morgan fingerprint density at radius 3 is 2.32 bits per heavy atom. The van der Waals surface area contributed by atoms with Crippen LogP contribution in [-0.2, 0) is 9.53 Å². The molecule has 1 rings (SSSR count). The predicted molar refractivity (Wildman–Crippen MR) is 75.9 cm³/mol. The summed E-state index contributed by atoms with van der Waals surface area (Å²) in [4.78, 5) is 15.9. The van der Waals surface area contributed by atoms with E-state index in [0.717, 1.165) is 11.3 Å². The molecule has 0 spiro atoms. The highest BCUT2D eigenvalue weighted by atomic mass is 16.6. The molecule has 0 N–H and O–H groups in total. The maximum Gasteiger partial charge on any atom is 0.331 e. The van der Waals surface area contributed by atoms with E-state index in [1.807, 2.05) is 45.0 Å². The third-order valence-electron chi connectivity index (χ3n) is 2.31. The third kappa shape index (κ3) is 5.55. The quantitative estimate of drug-likeness (QED) is 0.620. The van der Waals surface area contributed by atoms with Crippen molar-refractivity contribution in [3.8, 4) is 5.75 Å². The van der Waals surface area contributed by atoms with Gasteiger partial charge >= 0.3 is 5.97 Å². The Morgan fingerprint density at radius 1 is 1.26 bits per heavy atom. The molecule has 1 atom stereocenters. The number of ether oxygens (including phenoxy) is 2. The summed E-state index contributed by atoms with van der Waals surface area (Å²) in [5.41, 5.74) is 0.428. The molecule has 0 saturated carbocycles. The molecule has 0 aromatic heterocycles. The summed E-state index contributed by atoms with van der Waals surface area (Å²) < 4.78 is 10.3. The molecule has 0 fully saturated rings. The van der Waals surface area contributed by atoms with Crippen LogP contribution in [0.4, 0.5) is 0 Å². The number of hydrogen-bond acceptors (Lipinski definition) is 4. The number of carbonyl (C=O) groups is 1. The normalized spacial score (nSPS) is 13.3. The number of aliphatic imine (C=N–C) groups is 1. The number of nitrogens with zero attached hydrogens (tertiary/aromatic N) is 1. The predicted octanol–water partition coefficient (Wildman–Crippen LogP) is 2.84. The van der Waals surface area contributed by atoms with Gasteiger partial charge in [0.15, 0.2) is 0 Å². The minimum atomic E-state index is -0.513. The smallest absolute Gasteiger partial charge is 0.331 e. The minimum absolute atomic E-state index is 0.322. The molecule has 4 heteroatoms. The Kier molecular flexibility index (Phi) is 5.10. The summed E-state index contributed by atoms with van der Waals surface area (Å²) in [6.07, 6.45) is 1.66. The van der Waals surface area contributed by atoms with Crippen molar-refractivity contribution in [2.24, 2.45) is 4.99 Å². The summed E-state index contributed by atoms with van der Waals surface area (Å²) in [5.74, 6) is 0.467. The molecule has 0 heterocycles. The molecule has 4 nitrogen and oxygen atoms in total. The van der Waals surface area contributed by atoms with Gasteiger partial charge in [-0.3, -0.25) is 4.99 Å². The number of hydrogen-bond donors (Lipinski definition) is 0. The van der Waals surface area contributed by atoms with Crippen molar-refractivity contribution in [2.75, 3.05) is 7.11 Å². The van der Waals surface area contributed by atoms with Gasteiger partial charge in [0.05, 0.1) is 7.11 Å². The van der Waals surface area contributed by atoms with Crippen molar-refractivity contribution in [1.29, 1.82) is 0 Å². The zero-order chi connectivity index (χ0) is 14.5. The number of methoxy groups -OCH3 is 1. The Balaban J connectivity index is 2.62. The van der Waals surface area contributed by atoms with Gasteiger partial charge in [0.1, 0.15) is 17.4 Å². The van der Waals surface area contributed by atoms with Crippen LogP contribution in [0.15, 0.2) is 29.3 Å². The lowest BCUT2D eigenvalue weighted by Gasteiger charge is -2.20. The van der Waals surface area contributed by atoms with Crippen molar-refractivity contribution in [2.45, 2.75) is 39.3 Å². The van der Waals surface area contributed by atoms with E-state index < -0.39 is 11.6 Å². The Hall–Kier alpha value is -1.84. The van der Waals surface area contributed by atoms with Crippen molar-refractivity contribution in [1.82, 2.24) is 0 Å². The minimum Gasteiger partial charge on any atom is -0.497 e. The molecule has 104 valence electrons. The first-order valence-electron chi connectivity index (χ1n) is 6.22. The van der Waals surface area contributed by atoms with E-state index in [-0.39, 0.29) is 5.97 Å². The van der Waals surface area contributed by atoms with Gasteiger partial charge in [-0.15, -0.1) is 0 Å². The highest BCUT2D eigenvalue weighted by Gasteiger charge is 2.20. The molecule has 0 unspecified atom stereocenters. The zero-order valence-electron chi connectivity index (χ0n) is 12.1. The fraction of sp³-hybridized carbons (Fsp3) is 0.467. The second-order valence-electron chi connectivity index (χ2n) is 5.26. The molecule has 0 saturated heterocycles. The van der Waals surface area contributed by atoms with Crippen molar-refractivity contribution in [3.63, 3.8) is 0 Å². The molecule has 0 radical (unpaired) electrons. The van der Waals surface area contributed by atoms with E-state index in [1.54, 1.807) is 20.2 Å². The van der Waals surface area contributed by atoms with Crippen LogP contribution < -0.4 is 4.74 Å². The average Bonchev–Trinajstić information content (AvgIpc) is 2.34. The van der Waals surface area contributed by atoms with E-state index in [1.165, 1.54) is 0 Å². The maximum atomic E-state index is 11.7. The maximum absolute atomic E-state index is 11.7. The highest BCUT2D eigenvalue weighted by molar-refractivity contribution is 5.84. The number of esters is 1. The first-order valence-corrected chi connectivity index (χ1v) is 6.22. The van der Waals surface area contributed by atoms with Crippen molar-refractivity contribution in [3.05, 3.63) is 29.8 Å². The lowest BCUT2D eigenvalue weighted by Crippen LogP contribution is -2.29. The Morgan fingerprint density at radius 2 is 1.84 bits per heavy atom. The second kappa shape index (κ2) is 6.36. The lowest BCUT2D eigenvalue weighted by molar-refractivity contribution is -0.155. The molecule has 1 aromatic carbocycles. The monoisotopic (exact) mass is 263 g/mol. The van der Waals surface area contributed by atoms with Crippen LogP contribution in [0.25, 0.3) is 0 Å². The highest BCUT2D eigenvalue weighted by Crippen LogP contribution is 2.11. The van der Waals surface area contributed by atoms with Crippen molar-refractivity contribution >= 4 is 12.2 Å². The van der Waals surface area contributed by atoms with Crippen LogP contribution in [0.2, 0.25) is 0 Å². The molecule has 1 aromatic rings. The number of rotatable bonds is 4. The van der Waals surface area contributed by atoms with Crippen LogP contribution in [-0.4, -0.2) is 30.9 Å². The Bertz CT molecular complexity index is 443. The van der Waals surface area contributed by atoms with Gasteiger partial charge in [0.25, 0.3) is 0 Å². The molecule has 19 heavy (non-hydrogen) atoms. The SMILES string of the molecule is COc1ccc(C=N[C@@H](C)C(=O)OC(C)(C)C)cc1. The van der Waals surface area contributed by atoms with Gasteiger partial charge in [0.2, 0.25) is 0 Å². The lowest BCUT2D eigenvalue weighted by atomic mass is 10.2. The summed E-state index contributed by atoms with van der Waals surface area (Å²) in [6, 6.07) is 6.94. The van der Waals surface area contributed by atoms with Crippen LogP contribution in [0.1, 0.15) is 33.3 Å². The topological polar surface area (TPSA) is 47.9 Å². The second-order valence-corrected chi connectivity index (χ2v) is 5.26. The fourth-order valence-corrected chi connectivity index (χ4v) is 1.34. The van der Waals surface area contributed by atoms with E-state index in [9.17, 15) is 4.79 Å². The number of carbonyl (C=O) groups excluding carboxylic acids is 1. The van der Waals surface area contributed by atoms with Gasteiger partial charge in [-0.05, 0) is 57.5 Å². The van der Waals surface area contributed by atoms with E-state index in [4.69, 9.17) is 9.47 Å². The molecular formula is C15H21NO3. The van der Waals surface area contributed by atoms with Gasteiger partial charge in [-0.25, -0.2) is 4.79 Å². The standard InChI is InChI=1S/C15H21NO3/c1-11(14(17)19-15(2,3)4)16-10-12-6-8-13(18-5)9-7-12/h6-11H,1-5H3/t11-/m0/s1. The van der Waals surface area contributed by atoms with Crippen LogP contribution in [0.3, 0.4) is 0 Å². The van der Waals surface area contributed by atoms with Gasteiger partial charge < -0.3 is 9.47 Å². The average molecular weight is 263 g/mol. The summed E-state index contributed by atoms with van der Waals surface area (Å²) in [5, 5.41) is 0. The van der Waals surface area contributed by atoms with Gasteiger partial charge in [0, 0.05) is 6.21 Å². The molecule has 0 amide bonds. The molecule has 0 aliphatic heterocycles. The first kappa shape index (κ1) is 15.2. The fourth-order valence-electron chi connectivity index (χ4n) is 1.34. The van der Waals surface area contributed by atoms with E-state index in [2.05, 4.69) is 4.99 Å². The molecule has 0 aliphatic rings. The molecular weight excluding hydrogens is 242 g/mol. The summed E-state index contributed by atoms with van der Waals surface area (Å²) in [6.45, 7) is 7.23. The van der Waals surface area contributed by atoms with Crippen LogP contribution in [0.5, 0.6) is 5.75 Å². The molecule has 0 aliphatic carbocycles.